The molecule has 2 aromatic carbocycles. The van der Waals surface area contributed by atoms with Crippen LogP contribution in [0.5, 0.6) is 5.75 Å². The molecule has 0 aliphatic rings. The molecule has 192 valence electrons. The fraction of sp³-hybridized carbons (Fsp3) is 0.333. The molecule has 0 saturated heterocycles. The van der Waals surface area contributed by atoms with Gasteiger partial charge in [-0.2, -0.15) is 11.8 Å². The minimum Gasteiger partial charge on any atom is -0.497 e. The predicted molar refractivity (Wildman–Crippen MR) is 148 cm³/mol. The number of anilines is 1. The fourth-order valence-electron chi connectivity index (χ4n) is 3.36. The zero-order valence-electron chi connectivity index (χ0n) is 20.1. The molecule has 0 unspecified atom stereocenters. The second-order valence-electron chi connectivity index (χ2n) is 7.58. The molecular weight excluding hydrogens is 541 g/mol. The molecule has 0 aliphatic carbocycles. The molecule has 0 saturated carbocycles. The van der Waals surface area contributed by atoms with Crippen molar-refractivity contribution in [2.45, 2.75) is 31.1 Å². The van der Waals surface area contributed by atoms with Crippen molar-refractivity contribution in [1.82, 2.24) is 20.1 Å². The molecule has 1 atom stereocenters. The van der Waals surface area contributed by atoms with E-state index in [4.69, 9.17) is 27.9 Å². The summed E-state index contributed by atoms with van der Waals surface area (Å²) in [6.07, 6.45) is 2.69. The van der Waals surface area contributed by atoms with Gasteiger partial charge in [0.25, 0.3) is 5.91 Å². The van der Waals surface area contributed by atoms with Crippen molar-refractivity contribution in [1.29, 1.82) is 0 Å². The maximum Gasteiger partial charge on any atom is 0.251 e. The second-order valence-corrected chi connectivity index (χ2v) is 10.4. The van der Waals surface area contributed by atoms with E-state index in [1.165, 1.54) is 11.8 Å². The number of nitrogens with one attached hydrogen (secondary N) is 2. The summed E-state index contributed by atoms with van der Waals surface area (Å²) >= 11 is 15.1. The van der Waals surface area contributed by atoms with E-state index in [1.54, 1.807) is 61.3 Å². The number of methoxy groups -OCH3 is 1. The lowest BCUT2D eigenvalue weighted by Gasteiger charge is -2.19. The van der Waals surface area contributed by atoms with Crippen molar-refractivity contribution in [3.8, 4) is 5.75 Å². The largest absolute Gasteiger partial charge is 0.497 e. The lowest BCUT2D eigenvalue weighted by atomic mass is 10.1. The topological polar surface area (TPSA) is 98.1 Å². The van der Waals surface area contributed by atoms with E-state index in [0.717, 1.165) is 5.75 Å². The van der Waals surface area contributed by atoms with Gasteiger partial charge in [0.15, 0.2) is 11.0 Å². The van der Waals surface area contributed by atoms with Crippen LogP contribution in [0.2, 0.25) is 10.0 Å². The van der Waals surface area contributed by atoms with Gasteiger partial charge >= 0.3 is 0 Å². The fourth-order valence-corrected chi connectivity index (χ4v) is 4.97. The zero-order valence-corrected chi connectivity index (χ0v) is 23.2. The number of amides is 2. The number of carbonyl (C=O) groups is 2. The van der Waals surface area contributed by atoms with Crippen LogP contribution in [0, 0.1) is 0 Å². The van der Waals surface area contributed by atoms with E-state index >= 15 is 0 Å². The van der Waals surface area contributed by atoms with E-state index in [2.05, 4.69) is 20.8 Å². The third kappa shape index (κ3) is 7.55. The van der Waals surface area contributed by atoms with Gasteiger partial charge in [0, 0.05) is 17.1 Å². The highest BCUT2D eigenvalue weighted by molar-refractivity contribution is 7.99. The molecule has 3 aromatic rings. The molecule has 12 heteroatoms. The molecular formula is C24H27Cl2N5O3S2. The highest BCUT2D eigenvalue weighted by Gasteiger charge is 2.23. The highest BCUT2D eigenvalue weighted by Crippen LogP contribution is 2.27. The summed E-state index contributed by atoms with van der Waals surface area (Å²) in [7, 11) is 1.58. The average Bonchev–Trinajstić information content (AvgIpc) is 3.30. The van der Waals surface area contributed by atoms with Crippen molar-refractivity contribution < 1.29 is 14.3 Å². The van der Waals surface area contributed by atoms with Gasteiger partial charge in [-0.05, 0) is 67.8 Å². The van der Waals surface area contributed by atoms with Crippen molar-refractivity contribution in [2.24, 2.45) is 0 Å². The molecule has 2 N–H and O–H groups in total. The van der Waals surface area contributed by atoms with Crippen LogP contribution >= 0.6 is 46.7 Å². The Labute approximate surface area is 228 Å². The maximum atomic E-state index is 12.9. The van der Waals surface area contributed by atoms with Crippen LogP contribution < -0.4 is 15.4 Å². The van der Waals surface area contributed by atoms with Crippen molar-refractivity contribution in [2.75, 3.05) is 30.2 Å². The van der Waals surface area contributed by atoms with Crippen LogP contribution in [0.3, 0.4) is 0 Å². The quantitative estimate of drug-likeness (QED) is 0.276. The Hall–Kier alpha value is -2.40. The Bertz CT molecular complexity index is 1190. The van der Waals surface area contributed by atoms with E-state index in [-0.39, 0.29) is 23.6 Å². The summed E-state index contributed by atoms with van der Waals surface area (Å²) in [6, 6.07) is 11.5. The first-order valence-electron chi connectivity index (χ1n) is 11.1. The maximum absolute atomic E-state index is 12.9. The van der Waals surface area contributed by atoms with Crippen molar-refractivity contribution >= 4 is 64.2 Å². The zero-order chi connectivity index (χ0) is 26.1. The number of nitrogens with zero attached hydrogens (tertiary/aromatic N) is 3. The number of ether oxygens (including phenoxy) is 1. The molecule has 0 spiro atoms. The van der Waals surface area contributed by atoms with Gasteiger partial charge in [-0.15, -0.1) is 10.2 Å². The molecule has 0 fully saturated rings. The molecule has 8 nitrogen and oxygen atoms in total. The minimum atomic E-state index is -0.340. The summed E-state index contributed by atoms with van der Waals surface area (Å²) < 4.78 is 7.09. The summed E-state index contributed by atoms with van der Waals surface area (Å²) in [5, 5.41) is 16.0. The van der Waals surface area contributed by atoms with Gasteiger partial charge in [-0.1, -0.05) is 35.0 Å². The Morgan fingerprint density at radius 2 is 1.89 bits per heavy atom. The number of aromatic nitrogens is 3. The van der Waals surface area contributed by atoms with E-state index in [9.17, 15) is 9.59 Å². The van der Waals surface area contributed by atoms with Crippen LogP contribution in [0.4, 0.5) is 5.69 Å². The van der Waals surface area contributed by atoms with Crippen LogP contribution in [0.15, 0.2) is 47.6 Å². The molecule has 3 rings (SSSR count). The van der Waals surface area contributed by atoms with Crippen LogP contribution in [0.25, 0.3) is 0 Å². The number of rotatable bonds is 12. The molecule has 0 aliphatic heterocycles. The van der Waals surface area contributed by atoms with Crippen LogP contribution in [-0.4, -0.2) is 51.5 Å². The first kappa shape index (κ1) is 28.2. The molecule has 1 aromatic heterocycles. The molecule has 0 bridgehead atoms. The lowest BCUT2D eigenvalue weighted by Crippen LogP contribution is -2.31. The highest BCUT2D eigenvalue weighted by atomic mass is 35.5. The third-order valence-electron chi connectivity index (χ3n) is 5.18. The molecule has 1 heterocycles. The van der Waals surface area contributed by atoms with Crippen molar-refractivity contribution in [3.63, 3.8) is 0 Å². The molecule has 2 amide bonds. The average molecular weight is 569 g/mol. The smallest absolute Gasteiger partial charge is 0.251 e. The van der Waals surface area contributed by atoms with Gasteiger partial charge in [-0.3, -0.25) is 9.59 Å². The van der Waals surface area contributed by atoms with Gasteiger partial charge in [-0.25, -0.2) is 0 Å². The molecule has 36 heavy (non-hydrogen) atoms. The standard InChI is InChI=1S/C24H27Cl2N5O3S2/c1-4-31-22(19(11-12-35-3)28-23(33)15-5-8-17(34-2)9-6-15)29-30-24(31)36-14-21(32)27-20-13-16(25)7-10-18(20)26/h5-10,13,19H,4,11-12,14H2,1-3H3,(H,27,32)(H,28,33)/t19-/m1/s1. The number of benzene rings is 2. The van der Waals surface area contributed by atoms with Gasteiger partial charge in [0.2, 0.25) is 5.91 Å². The first-order chi connectivity index (χ1) is 17.4. The SMILES string of the molecule is CCn1c(SCC(=O)Nc2cc(Cl)ccc2Cl)nnc1[C@@H](CCSC)NC(=O)c1ccc(OC)cc1. The Balaban J connectivity index is 1.71. The lowest BCUT2D eigenvalue weighted by molar-refractivity contribution is -0.113. The van der Waals surface area contributed by atoms with Gasteiger partial charge < -0.3 is 19.9 Å². The third-order valence-corrected chi connectivity index (χ3v) is 7.35. The predicted octanol–water partition coefficient (Wildman–Crippen LogP) is 5.57. The summed E-state index contributed by atoms with van der Waals surface area (Å²) in [6.45, 7) is 2.56. The first-order valence-corrected chi connectivity index (χ1v) is 14.2. The minimum absolute atomic E-state index is 0.106. The number of halogens is 2. The summed E-state index contributed by atoms with van der Waals surface area (Å²) in [5.74, 6) is 1.81. The van der Waals surface area contributed by atoms with E-state index < -0.39 is 0 Å². The number of thioether (sulfide) groups is 2. The normalized spacial score (nSPS) is 11.7. The Morgan fingerprint density at radius 1 is 1.14 bits per heavy atom. The summed E-state index contributed by atoms with van der Waals surface area (Å²) in [4.78, 5) is 25.5. The van der Waals surface area contributed by atoms with Gasteiger partial charge in [0.1, 0.15) is 5.75 Å². The monoisotopic (exact) mass is 567 g/mol. The number of carbonyl (C=O) groups excluding carboxylic acids is 2. The Morgan fingerprint density at radius 3 is 2.56 bits per heavy atom. The van der Waals surface area contributed by atoms with E-state index in [0.29, 0.717) is 51.0 Å². The van der Waals surface area contributed by atoms with Crippen LogP contribution in [0.1, 0.15) is 35.6 Å². The van der Waals surface area contributed by atoms with Gasteiger partial charge in [0.05, 0.1) is 29.6 Å². The number of hydrogen-bond donors (Lipinski definition) is 2. The van der Waals surface area contributed by atoms with E-state index in [1.807, 2.05) is 17.7 Å². The van der Waals surface area contributed by atoms with Crippen LogP contribution in [-0.2, 0) is 11.3 Å². The summed E-state index contributed by atoms with van der Waals surface area (Å²) in [5.41, 5.74) is 0.976. The molecule has 0 radical (unpaired) electrons. The number of hydrogen-bond acceptors (Lipinski definition) is 7. The second kappa shape index (κ2) is 13.8. The Kier molecular flexibility index (Phi) is 10.8. The van der Waals surface area contributed by atoms with Crippen molar-refractivity contribution in [3.05, 3.63) is 63.9 Å².